The normalized spacial score (nSPS) is 20.1. The maximum atomic E-state index is 5.47. The predicted molar refractivity (Wildman–Crippen MR) is 96.1 cm³/mol. The molecule has 5 nitrogen and oxygen atoms in total. The molecule has 1 saturated heterocycles. The number of fused-ring (bicyclic) bond motifs is 1. The molecule has 114 valence electrons. The minimum atomic E-state index is 0.274. The van der Waals surface area contributed by atoms with Gasteiger partial charge >= 0.3 is 0 Å². The first-order valence-electron chi connectivity index (χ1n) is 7.40. The third-order valence-electron chi connectivity index (χ3n) is 4.09. The lowest BCUT2D eigenvalue weighted by Gasteiger charge is -2.38. The van der Waals surface area contributed by atoms with Crippen LogP contribution in [-0.2, 0) is 0 Å². The summed E-state index contributed by atoms with van der Waals surface area (Å²) in [6.07, 6.45) is 7.90. The molecule has 2 aromatic rings. The second-order valence-electron chi connectivity index (χ2n) is 5.46. The number of nitrogens with one attached hydrogen (secondary N) is 1. The van der Waals surface area contributed by atoms with Gasteiger partial charge in [0.05, 0.1) is 5.69 Å². The van der Waals surface area contributed by atoms with Crippen LogP contribution < -0.4 is 10.1 Å². The Bertz CT molecular complexity index is 691. The third kappa shape index (κ3) is 2.61. The molecule has 0 bridgehead atoms. The van der Waals surface area contributed by atoms with Crippen LogP contribution in [0.4, 0.5) is 5.95 Å². The first-order valence-corrected chi connectivity index (χ1v) is 8.93. The van der Waals surface area contributed by atoms with E-state index in [9.17, 15) is 0 Å². The van der Waals surface area contributed by atoms with Crippen LogP contribution in [0.1, 0.15) is 6.42 Å². The maximum Gasteiger partial charge on any atom is 0.209 e. The van der Waals surface area contributed by atoms with Gasteiger partial charge in [-0.05, 0) is 59.4 Å². The van der Waals surface area contributed by atoms with Gasteiger partial charge in [0, 0.05) is 31.0 Å². The van der Waals surface area contributed by atoms with Crippen molar-refractivity contribution in [2.75, 3.05) is 23.0 Å². The van der Waals surface area contributed by atoms with Gasteiger partial charge in [0.2, 0.25) is 5.95 Å². The van der Waals surface area contributed by atoms with Gasteiger partial charge < -0.3 is 10.1 Å². The van der Waals surface area contributed by atoms with E-state index in [-0.39, 0.29) is 6.17 Å². The van der Waals surface area contributed by atoms with Crippen LogP contribution in [0, 0.1) is 0 Å². The summed E-state index contributed by atoms with van der Waals surface area (Å²) in [5.41, 5.74) is 2.07. The molecule has 0 radical (unpaired) electrons. The van der Waals surface area contributed by atoms with Crippen molar-refractivity contribution in [1.29, 1.82) is 0 Å². The summed E-state index contributed by atoms with van der Waals surface area (Å²) in [6, 6.07) is 8.07. The van der Waals surface area contributed by atoms with E-state index in [2.05, 4.69) is 51.3 Å². The van der Waals surface area contributed by atoms with Crippen LogP contribution in [0.25, 0.3) is 17.5 Å². The number of aromatic nitrogens is 2. The number of hydrogen-bond acceptors (Lipinski definition) is 4. The fraction of sp³-hybridized carbons (Fsp3) is 0.312. The molecule has 0 spiro atoms. The molecule has 22 heavy (non-hydrogen) atoms. The highest BCUT2D eigenvalue weighted by molar-refractivity contribution is 14.1. The molecule has 0 saturated carbocycles. The molecule has 1 atom stereocenters. The molecule has 1 unspecified atom stereocenters. The van der Waals surface area contributed by atoms with Crippen molar-refractivity contribution in [3.63, 3.8) is 0 Å². The summed E-state index contributed by atoms with van der Waals surface area (Å²) in [6.45, 7) is 2.32. The standard InChI is InChI=1S/C16H17IN4O/c17-11-22-13-4-2-12(3-5-13)14-10-21-9-6-15(19-16(21)18-14)20-7-1-8-20/h2-6,9-10,15H,1,7-8,11H2,(H,18,19). The van der Waals surface area contributed by atoms with Gasteiger partial charge in [0.25, 0.3) is 0 Å². The zero-order valence-corrected chi connectivity index (χ0v) is 14.2. The summed E-state index contributed by atoms with van der Waals surface area (Å²) >= 11 is 2.19. The number of halogens is 1. The van der Waals surface area contributed by atoms with E-state index in [0.717, 1.165) is 36.0 Å². The summed E-state index contributed by atoms with van der Waals surface area (Å²) in [4.78, 5) is 7.13. The molecule has 0 aliphatic carbocycles. The van der Waals surface area contributed by atoms with E-state index >= 15 is 0 Å². The Morgan fingerprint density at radius 2 is 2.09 bits per heavy atom. The fourth-order valence-electron chi connectivity index (χ4n) is 2.72. The molecule has 1 aromatic heterocycles. The van der Waals surface area contributed by atoms with Gasteiger partial charge in [0.1, 0.15) is 16.5 Å². The summed E-state index contributed by atoms with van der Waals surface area (Å²) in [5, 5.41) is 3.49. The monoisotopic (exact) mass is 408 g/mol. The van der Waals surface area contributed by atoms with E-state index in [1.807, 2.05) is 28.8 Å². The molecule has 2 aliphatic rings. The molecule has 0 amide bonds. The smallest absolute Gasteiger partial charge is 0.209 e. The van der Waals surface area contributed by atoms with Crippen molar-refractivity contribution in [2.45, 2.75) is 12.6 Å². The first kappa shape index (κ1) is 14.1. The Morgan fingerprint density at radius 3 is 2.77 bits per heavy atom. The Morgan fingerprint density at radius 1 is 1.27 bits per heavy atom. The third-order valence-corrected chi connectivity index (χ3v) is 4.40. The number of benzene rings is 1. The van der Waals surface area contributed by atoms with Crippen LogP contribution in [0.5, 0.6) is 5.75 Å². The molecule has 6 heteroatoms. The highest BCUT2D eigenvalue weighted by Crippen LogP contribution is 2.27. The second kappa shape index (κ2) is 5.92. The highest BCUT2D eigenvalue weighted by Gasteiger charge is 2.25. The van der Waals surface area contributed by atoms with Crippen molar-refractivity contribution in [3.8, 4) is 17.0 Å². The summed E-state index contributed by atoms with van der Waals surface area (Å²) in [5.74, 6) is 1.79. The van der Waals surface area contributed by atoms with Gasteiger partial charge in [-0.25, -0.2) is 4.98 Å². The second-order valence-corrected chi connectivity index (χ2v) is 6.08. The molecule has 1 aromatic carbocycles. The van der Waals surface area contributed by atoms with Crippen molar-refractivity contribution in [3.05, 3.63) is 36.5 Å². The minimum Gasteiger partial charge on any atom is -0.483 e. The summed E-state index contributed by atoms with van der Waals surface area (Å²) < 4.78 is 8.17. The molecule has 3 heterocycles. The van der Waals surface area contributed by atoms with Crippen LogP contribution in [-0.4, -0.2) is 38.3 Å². The van der Waals surface area contributed by atoms with Crippen molar-refractivity contribution in [2.24, 2.45) is 0 Å². The maximum absolute atomic E-state index is 5.47. The number of hydrogen-bond donors (Lipinski definition) is 1. The number of likely N-dealkylation sites (tertiary alicyclic amines) is 1. The predicted octanol–water partition coefficient (Wildman–Crippen LogP) is 3.25. The van der Waals surface area contributed by atoms with E-state index < -0.39 is 0 Å². The Labute approximate surface area is 143 Å². The first-order chi connectivity index (χ1) is 10.8. The van der Waals surface area contributed by atoms with E-state index in [0.29, 0.717) is 4.61 Å². The quantitative estimate of drug-likeness (QED) is 0.623. The Hall–Kier alpha value is -1.54. The minimum absolute atomic E-state index is 0.274. The molecular weight excluding hydrogens is 391 g/mol. The molecular formula is C16H17IN4O. The topological polar surface area (TPSA) is 42.3 Å². The van der Waals surface area contributed by atoms with E-state index in [4.69, 9.17) is 9.72 Å². The average Bonchev–Trinajstić information content (AvgIpc) is 2.90. The van der Waals surface area contributed by atoms with Crippen LogP contribution in [0.2, 0.25) is 0 Å². The number of imidazole rings is 1. The van der Waals surface area contributed by atoms with Crippen LogP contribution >= 0.6 is 22.6 Å². The Kier molecular flexibility index (Phi) is 3.79. The number of alkyl halides is 1. The lowest BCUT2D eigenvalue weighted by atomic mass is 10.2. The zero-order valence-electron chi connectivity index (χ0n) is 12.1. The largest absolute Gasteiger partial charge is 0.483 e. The van der Waals surface area contributed by atoms with E-state index in [1.54, 1.807) is 0 Å². The molecule has 4 rings (SSSR count). The van der Waals surface area contributed by atoms with Crippen LogP contribution in [0.15, 0.2) is 36.5 Å². The SMILES string of the molecule is ICOc1ccc(-c2cn3c(n2)NC(N2CCC2)C=C3)cc1. The van der Waals surface area contributed by atoms with Gasteiger partial charge in [0.15, 0.2) is 0 Å². The number of anilines is 1. The van der Waals surface area contributed by atoms with Gasteiger partial charge in [-0.3, -0.25) is 9.47 Å². The molecule has 1 N–H and O–H groups in total. The van der Waals surface area contributed by atoms with Crippen molar-refractivity contribution in [1.82, 2.24) is 14.5 Å². The molecule has 2 aliphatic heterocycles. The van der Waals surface area contributed by atoms with Crippen molar-refractivity contribution < 1.29 is 4.74 Å². The Balaban J connectivity index is 1.55. The average molecular weight is 408 g/mol. The fourth-order valence-corrected chi connectivity index (χ4v) is 3.08. The zero-order chi connectivity index (χ0) is 14.9. The van der Waals surface area contributed by atoms with Crippen molar-refractivity contribution >= 4 is 34.7 Å². The number of rotatable bonds is 4. The lowest BCUT2D eigenvalue weighted by Crippen LogP contribution is -2.49. The molecule has 1 fully saturated rings. The highest BCUT2D eigenvalue weighted by atomic mass is 127. The van der Waals surface area contributed by atoms with Crippen LogP contribution in [0.3, 0.4) is 0 Å². The van der Waals surface area contributed by atoms with Gasteiger partial charge in [-0.1, -0.05) is 0 Å². The summed E-state index contributed by atoms with van der Waals surface area (Å²) in [7, 11) is 0. The number of ether oxygens (including phenoxy) is 1. The van der Waals surface area contributed by atoms with Gasteiger partial charge in [-0.2, -0.15) is 0 Å². The van der Waals surface area contributed by atoms with E-state index in [1.165, 1.54) is 6.42 Å². The van der Waals surface area contributed by atoms with Gasteiger partial charge in [-0.15, -0.1) is 0 Å². The number of nitrogens with zero attached hydrogens (tertiary/aromatic N) is 3. The lowest BCUT2D eigenvalue weighted by molar-refractivity contribution is 0.157.